The number of nitrogens with zero attached hydrogens (tertiary/aromatic N) is 1. The lowest BCUT2D eigenvalue weighted by molar-refractivity contribution is -0.00355. The van der Waals surface area contributed by atoms with Crippen LogP contribution in [0, 0.1) is 5.92 Å². The summed E-state index contributed by atoms with van der Waals surface area (Å²) < 4.78 is 5.90. The molecule has 3 heteroatoms. The first-order valence-electron chi connectivity index (χ1n) is 7.72. The van der Waals surface area contributed by atoms with Gasteiger partial charge in [0.25, 0.3) is 0 Å². The summed E-state index contributed by atoms with van der Waals surface area (Å²) in [6, 6.07) is 0.611. The monoisotopic (exact) mass is 256 g/mol. The first kappa shape index (κ1) is 15.9. The van der Waals surface area contributed by atoms with Gasteiger partial charge in [0, 0.05) is 25.7 Å². The van der Waals surface area contributed by atoms with Crippen molar-refractivity contribution >= 4 is 0 Å². The van der Waals surface area contributed by atoms with Crippen LogP contribution in [0.5, 0.6) is 0 Å². The van der Waals surface area contributed by atoms with E-state index in [1.54, 1.807) is 0 Å². The number of likely N-dealkylation sites (N-methyl/N-ethyl adjacent to an activating group) is 1. The summed E-state index contributed by atoms with van der Waals surface area (Å²) in [5.74, 6) is 0.743. The molecule has 1 aliphatic heterocycles. The number of hydrogen-bond donors (Lipinski definition) is 1. The fraction of sp³-hybridized carbons (Fsp3) is 1.00. The zero-order valence-electron chi connectivity index (χ0n) is 12.7. The summed E-state index contributed by atoms with van der Waals surface area (Å²) >= 11 is 0. The van der Waals surface area contributed by atoms with Gasteiger partial charge in [-0.1, -0.05) is 27.2 Å². The number of hydrogen-bond acceptors (Lipinski definition) is 3. The standard InChI is InChI=1S/C15H32N2O/c1-5-10-18-14-8-7-9-17(11-14)12-15(16-4)13(3)6-2/h13-16H,5-12H2,1-4H3. The highest BCUT2D eigenvalue weighted by Gasteiger charge is 2.23. The topological polar surface area (TPSA) is 24.5 Å². The van der Waals surface area contributed by atoms with Gasteiger partial charge in [-0.15, -0.1) is 0 Å². The molecule has 0 radical (unpaired) electrons. The third-order valence-corrected chi connectivity index (χ3v) is 4.18. The molecular weight excluding hydrogens is 224 g/mol. The fourth-order valence-electron chi connectivity index (χ4n) is 2.72. The molecule has 0 aromatic carbocycles. The molecule has 1 fully saturated rings. The molecule has 0 aromatic heterocycles. The van der Waals surface area contributed by atoms with Crippen molar-refractivity contribution in [3.63, 3.8) is 0 Å². The van der Waals surface area contributed by atoms with Crippen LogP contribution < -0.4 is 5.32 Å². The maximum Gasteiger partial charge on any atom is 0.0702 e. The van der Waals surface area contributed by atoms with E-state index in [0.29, 0.717) is 12.1 Å². The smallest absolute Gasteiger partial charge is 0.0702 e. The lowest BCUT2D eigenvalue weighted by Crippen LogP contribution is -2.48. The van der Waals surface area contributed by atoms with Crippen LogP contribution in [0.25, 0.3) is 0 Å². The molecule has 0 bridgehead atoms. The average molecular weight is 256 g/mol. The Bertz CT molecular complexity index is 211. The SMILES string of the molecule is CCCOC1CCCN(CC(NC)C(C)CC)C1. The molecule has 3 atom stereocenters. The number of likely N-dealkylation sites (tertiary alicyclic amines) is 1. The highest BCUT2D eigenvalue weighted by molar-refractivity contribution is 4.80. The van der Waals surface area contributed by atoms with Crippen LogP contribution in [0.1, 0.15) is 46.5 Å². The first-order chi connectivity index (χ1) is 8.71. The predicted octanol–water partition coefficient (Wildman–Crippen LogP) is 2.51. The average Bonchev–Trinajstić information content (AvgIpc) is 2.42. The van der Waals surface area contributed by atoms with E-state index in [-0.39, 0.29) is 0 Å². The minimum atomic E-state index is 0.466. The van der Waals surface area contributed by atoms with Crippen LogP contribution in [-0.4, -0.2) is 50.3 Å². The number of piperidine rings is 1. The van der Waals surface area contributed by atoms with Gasteiger partial charge in [-0.05, 0) is 38.8 Å². The van der Waals surface area contributed by atoms with E-state index >= 15 is 0 Å². The quantitative estimate of drug-likeness (QED) is 0.722. The van der Waals surface area contributed by atoms with E-state index in [4.69, 9.17) is 4.74 Å². The van der Waals surface area contributed by atoms with E-state index < -0.39 is 0 Å². The van der Waals surface area contributed by atoms with Crippen LogP contribution in [0.3, 0.4) is 0 Å². The molecule has 3 nitrogen and oxygen atoms in total. The lowest BCUT2D eigenvalue weighted by Gasteiger charge is -2.36. The van der Waals surface area contributed by atoms with E-state index in [0.717, 1.165) is 32.0 Å². The third kappa shape index (κ3) is 5.25. The van der Waals surface area contributed by atoms with Crippen LogP contribution in [0.4, 0.5) is 0 Å². The summed E-state index contributed by atoms with van der Waals surface area (Å²) in [5, 5.41) is 3.48. The Balaban J connectivity index is 2.36. The van der Waals surface area contributed by atoms with Gasteiger partial charge in [0.05, 0.1) is 6.10 Å². The zero-order valence-corrected chi connectivity index (χ0v) is 12.7. The van der Waals surface area contributed by atoms with Crippen molar-refractivity contribution in [3.8, 4) is 0 Å². The lowest BCUT2D eigenvalue weighted by atomic mass is 9.97. The van der Waals surface area contributed by atoms with E-state index in [1.807, 2.05) is 0 Å². The largest absolute Gasteiger partial charge is 0.377 e. The minimum Gasteiger partial charge on any atom is -0.377 e. The van der Waals surface area contributed by atoms with Crippen molar-refractivity contribution in [1.82, 2.24) is 10.2 Å². The summed E-state index contributed by atoms with van der Waals surface area (Å²) in [7, 11) is 2.09. The maximum atomic E-state index is 5.90. The van der Waals surface area contributed by atoms with E-state index in [2.05, 4.69) is 38.0 Å². The van der Waals surface area contributed by atoms with Gasteiger partial charge < -0.3 is 10.1 Å². The molecule has 1 N–H and O–H groups in total. The van der Waals surface area contributed by atoms with Crippen molar-refractivity contribution < 1.29 is 4.74 Å². The summed E-state index contributed by atoms with van der Waals surface area (Å²) in [6.07, 6.45) is 5.36. The molecule has 108 valence electrons. The molecule has 18 heavy (non-hydrogen) atoms. The van der Waals surface area contributed by atoms with Crippen molar-refractivity contribution in [2.75, 3.05) is 33.3 Å². The molecule has 0 aliphatic carbocycles. The molecule has 0 spiro atoms. The second kappa shape index (κ2) is 8.89. The predicted molar refractivity (Wildman–Crippen MR) is 78.0 cm³/mol. The van der Waals surface area contributed by atoms with E-state index in [9.17, 15) is 0 Å². The molecule has 0 aromatic rings. The van der Waals surface area contributed by atoms with Gasteiger partial charge in [0.15, 0.2) is 0 Å². The maximum absolute atomic E-state index is 5.90. The van der Waals surface area contributed by atoms with Gasteiger partial charge in [-0.2, -0.15) is 0 Å². The number of ether oxygens (including phenoxy) is 1. The highest BCUT2D eigenvalue weighted by Crippen LogP contribution is 2.16. The highest BCUT2D eigenvalue weighted by atomic mass is 16.5. The summed E-state index contributed by atoms with van der Waals surface area (Å²) in [4.78, 5) is 2.58. The van der Waals surface area contributed by atoms with Crippen molar-refractivity contribution in [3.05, 3.63) is 0 Å². The van der Waals surface area contributed by atoms with Gasteiger partial charge in [-0.3, -0.25) is 4.90 Å². The molecule has 1 aliphatic rings. The Morgan fingerprint density at radius 2 is 2.17 bits per heavy atom. The van der Waals surface area contributed by atoms with Gasteiger partial charge in [0.1, 0.15) is 0 Å². The first-order valence-corrected chi connectivity index (χ1v) is 7.72. The van der Waals surface area contributed by atoms with Crippen molar-refractivity contribution in [2.24, 2.45) is 5.92 Å². The molecule has 1 heterocycles. The van der Waals surface area contributed by atoms with Crippen LogP contribution in [-0.2, 0) is 4.74 Å². The normalized spacial score (nSPS) is 25.0. The molecule has 0 amide bonds. The zero-order chi connectivity index (χ0) is 13.4. The second-order valence-corrected chi connectivity index (χ2v) is 5.68. The Labute approximate surface area is 113 Å². The van der Waals surface area contributed by atoms with Gasteiger partial charge in [0.2, 0.25) is 0 Å². The molecular formula is C15H32N2O. The fourth-order valence-corrected chi connectivity index (χ4v) is 2.72. The van der Waals surface area contributed by atoms with Gasteiger partial charge in [-0.25, -0.2) is 0 Å². The van der Waals surface area contributed by atoms with Crippen LogP contribution >= 0.6 is 0 Å². The molecule has 1 saturated heterocycles. The van der Waals surface area contributed by atoms with Crippen molar-refractivity contribution in [2.45, 2.75) is 58.6 Å². The second-order valence-electron chi connectivity index (χ2n) is 5.68. The minimum absolute atomic E-state index is 0.466. The molecule has 1 rings (SSSR count). The third-order valence-electron chi connectivity index (χ3n) is 4.18. The Morgan fingerprint density at radius 3 is 2.78 bits per heavy atom. The Hall–Kier alpha value is -0.120. The number of nitrogens with one attached hydrogen (secondary N) is 1. The summed E-state index contributed by atoms with van der Waals surface area (Å²) in [5.41, 5.74) is 0. The summed E-state index contributed by atoms with van der Waals surface area (Å²) in [6.45, 7) is 11.2. The number of rotatable bonds is 8. The van der Waals surface area contributed by atoms with E-state index in [1.165, 1.54) is 25.8 Å². The van der Waals surface area contributed by atoms with Gasteiger partial charge >= 0.3 is 0 Å². The van der Waals surface area contributed by atoms with Crippen molar-refractivity contribution in [1.29, 1.82) is 0 Å². The molecule has 0 saturated carbocycles. The van der Waals surface area contributed by atoms with Crippen LogP contribution in [0.2, 0.25) is 0 Å². The Morgan fingerprint density at radius 1 is 1.39 bits per heavy atom. The Kier molecular flexibility index (Phi) is 7.87. The van der Waals surface area contributed by atoms with Crippen LogP contribution in [0.15, 0.2) is 0 Å². The molecule has 3 unspecified atom stereocenters.